The SMILES string of the molecule is CC/C=C\C[C@@H](O)/C=C/C=C\C=C\[C@@H](O)C/C=C\C/C=C\CCC(=O)OC[C@H](COP(=O)([O-])OCC[N+](C)(C)C)OC(=O)CCCCCCCCCCC/C=C\C/C=C\CCCCC. The number of phosphoric acid groups is 1. The first kappa shape index (κ1) is 60.9. The Morgan fingerprint density at radius 2 is 1.11 bits per heavy atom. The number of nitrogens with zero attached hydrogens (tertiary/aromatic N) is 1. The molecular weight excluding hydrogens is 830 g/mol. The molecule has 0 aromatic rings. The molecule has 0 aliphatic rings. The van der Waals surface area contributed by atoms with Gasteiger partial charge in [-0.05, 0) is 70.6 Å². The van der Waals surface area contributed by atoms with Gasteiger partial charge >= 0.3 is 11.9 Å². The first-order valence-electron chi connectivity index (χ1n) is 24.2. The Balaban J connectivity index is 4.54. The van der Waals surface area contributed by atoms with E-state index in [2.05, 4.69) is 31.2 Å². The lowest BCUT2D eigenvalue weighted by atomic mass is 10.1. The number of carbonyl (C=O) groups excluding carboxylic acids is 2. The molecule has 4 atom stereocenters. The average Bonchev–Trinajstić information content (AvgIpc) is 3.24. The second kappa shape index (κ2) is 42.5. The monoisotopic (exact) mass is 918 g/mol. The van der Waals surface area contributed by atoms with Gasteiger partial charge in [-0.2, -0.15) is 0 Å². The maximum atomic E-state index is 12.7. The Labute approximate surface area is 389 Å². The van der Waals surface area contributed by atoms with E-state index >= 15 is 0 Å². The molecule has 366 valence electrons. The highest BCUT2D eigenvalue weighted by atomic mass is 31.2. The Morgan fingerprint density at radius 3 is 1.67 bits per heavy atom. The average molecular weight is 918 g/mol. The van der Waals surface area contributed by atoms with Crippen molar-refractivity contribution in [2.24, 2.45) is 0 Å². The minimum atomic E-state index is -4.68. The number of ether oxygens (including phenoxy) is 2. The molecule has 0 rings (SSSR count). The number of phosphoric ester groups is 1. The van der Waals surface area contributed by atoms with Crippen LogP contribution in [0.4, 0.5) is 0 Å². The molecule has 0 radical (unpaired) electrons. The van der Waals surface area contributed by atoms with Crippen molar-refractivity contribution < 1.29 is 52.3 Å². The number of quaternary nitrogens is 1. The normalized spacial score (nSPS) is 15.3. The number of aliphatic hydroxyl groups excluding tert-OH is 2. The molecule has 0 saturated carbocycles. The molecule has 0 aliphatic heterocycles. The van der Waals surface area contributed by atoms with Crippen molar-refractivity contribution in [1.29, 1.82) is 0 Å². The lowest BCUT2D eigenvalue weighted by Gasteiger charge is -2.28. The van der Waals surface area contributed by atoms with Crippen LogP contribution in [0.1, 0.15) is 155 Å². The zero-order chi connectivity index (χ0) is 47.4. The van der Waals surface area contributed by atoms with Crippen LogP contribution in [-0.4, -0.2) is 92.5 Å². The van der Waals surface area contributed by atoms with Crippen LogP contribution in [0.15, 0.2) is 97.2 Å². The number of carbonyl (C=O) groups is 2. The van der Waals surface area contributed by atoms with Gasteiger partial charge in [-0.15, -0.1) is 0 Å². The smallest absolute Gasteiger partial charge is 0.306 e. The first-order chi connectivity index (χ1) is 30.8. The Kier molecular flexibility index (Phi) is 40.4. The van der Waals surface area contributed by atoms with Crippen LogP contribution >= 0.6 is 7.82 Å². The number of aliphatic hydroxyl groups is 2. The van der Waals surface area contributed by atoms with Crippen LogP contribution in [-0.2, 0) is 32.7 Å². The summed E-state index contributed by atoms with van der Waals surface area (Å²) in [6.45, 7) is 3.79. The van der Waals surface area contributed by atoms with Crippen molar-refractivity contribution in [1.82, 2.24) is 0 Å². The number of hydrogen-bond acceptors (Lipinski definition) is 10. The van der Waals surface area contributed by atoms with Gasteiger partial charge < -0.3 is 38.1 Å². The third-order valence-corrected chi connectivity index (χ3v) is 10.7. The molecule has 11 nitrogen and oxygen atoms in total. The molecule has 1 unspecified atom stereocenters. The number of allylic oxidation sites excluding steroid dienone is 12. The van der Waals surface area contributed by atoms with Crippen LogP contribution < -0.4 is 4.89 Å². The molecule has 0 aromatic heterocycles. The number of unbranched alkanes of at least 4 members (excludes halogenated alkanes) is 12. The first-order valence-corrected chi connectivity index (χ1v) is 25.6. The van der Waals surface area contributed by atoms with Crippen LogP contribution in [0.5, 0.6) is 0 Å². The molecule has 0 saturated heterocycles. The summed E-state index contributed by atoms with van der Waals surface area (Å²) >= 11 is 0. The van der Waals surface area contributed by atoms with Crippen molar-refractivity contribution in [2.45, 2.75) is 173 Å². The van der Waals surface area contributed by atoms with Gasteiger partial charge in [0.05, 0.1) is 40.0 Å². The van der Waals surface area contributed by atoms with E-state index in [-0.39, 0.29) is 26.1 Å². The topological polar surface area (TPSA) is 152 Å². The highest BCUT2D eigenvalue weighted by Gasteiger charge is 2.21. The van der Waals surface area contributed by atoms with Gasteiger partial charge in [0.25, 0.3) is 7.82 Å². The molecule has 2 N–H and O–H groups in total. The Morgan fingerprint density at radius 1 is 0.594 bits per heavy atom. The number of hydrogen-bond donors (Lipinski definition) is 2. The van der Waals surface area contributed by atoms with Gasteiger partial charge in [-0.3, -0.25) is 14.2 Å². The van der Waals surface area contributed by atoms with E-state index in [1.54, 1.807) is 36.5 Å². The van der Waals surface area contributed by atoms with E-state index in [4.69, 9.17) is 18.5 Å². The summed E-state index contributed by atoms with van der Waals surface area (Å²) in [6, 6.07) is 0. The van der Waals surface area contributed by atoms with Gasteiger partial charge in [0, 0.05) is 12.8 Å². The summed E-state index contributed by atoms with van der Waals surface area (Å²) in [6.07, 6.45) is 49.4. The molecule has 12 heteroatoms. The van der Waals surface area contributed by atoms with E-state index in [1.165, 1.54) is 57.8 Å². The van der Waals surface area contributed by atoms with Gasteiger partial charge in [-0.25, -0.2) is 0 Å². The van der Waals surface area contributed by atoms with Crippen molar-refractivity contribution in [2.75, 3.05) is 47.5 Å². The highest BCUT2D eigenvalue weighted by molar-refractivity contribution is 7.45. The minimum Gasteiger partial charge on any atom is -0.756 e. The van der Waals surface area contributed by atoms with Gasteiger partial charge in [0.1, 0.15) is 19.8 Å². The van der Waals surface area contributed by atoms with Crippen molar-refractivity contribution in [3.63, 3.8) is 0 Å². The predicted octanol–water partition coefficient (Wildman–Crippen LogP) is 11.4. The number of rotatable bonds is 42. The van der Waals surface area contributed by atoms with Crippen LogP contribution in [0.2, 0.25) is 0 Å². The van der Waals surface area contributed by atoms with E-state index in [0.29, 0.717) is 43.1 Å². The van der Waals surface area contributed by atoms with Crippen molar-refractivity contribution in [3.8, 4) is 0 Å². The van der Waals surface area contributed by atoms with E-state index in [1.807, 2.05) is 64.5 Å². The summed E-state index contributed by atoms with van der Waals surface area (Å²) in [5, 5.41) is 20.0. The van der Waals surface area contributed by atoms with Crippen molar-refractivity contribution >= 4 is 19.8 Å². The second-order valence-electron chi connectivity index (χ2n) is 17.1. The Bertz CT molecular complexity index is 1440. The quantitative estimate of drug-likeness (QED) is 0.0151. The van der Waals surface area contributed by atoms with E-state index < -0.39 is 44.7 Å². The maximum Gasteiger partial charge on any atom is 0.306 e. The van der Waals surface area contributed by atoms with E-state index in [9.17, 15) is 29.3 Å². The molecule has 0 amide bonds. The van der Waals surface area contributed by atoms with Crippen LogP contribution in [0.25, 0.3) is 0 Å². The fourth-order valence-corrected chi connectivity index (χ4v) is 6.67. The van der Waals surface area contributed by atoms with E-state index in [0.717, 1.165) is 38.5 Å². The van der Waals surface area contributed by atoms with Crippen molar-refractivity contribution in [3.05, 3.63) is 97.2 Å². The minimum absolute atomic E-state index is 0.0663. The zero-order valence-electron chi connectivity index (χ0n) is 40.4. The zero-order valence-corrected chi connectivity index (χ0v) is 41.3. The van der Waals surface area contributed by atoms with Crippen LogP contribution in [0, 0.1) is 0 Å². The Hall–Kier alpha value is -3.15. The number of likely N-dealkylation sites (N-methyl/N-ethyl adjacent to an activating group) is 1. The summed E-state index contributed by atoms with van der Waals surface area (Å²) in [4.78, 5) is 37.6. The maximum absolute atomic E-state index is 12.7. The standard InChI is InChI=1S/C52H88NO10P/c1-6-8-10-11-12-13-14-15-16-17-18-19-20-21-22-23-24-29-37-43-52(57)63-50(47-62-64(58,59)61-45-44-53(3,4)5)46-60-51(56)42-36-28-26-25-27-33-39-49(55)41-35-31-30-34-40-48(54)38-32-9-7-2/h9,12-13,15-16,26-28,30-35,40-41,48-50,54-55H,6-8,10-11,14,17-25,29,36-39,42-47H2,1-5H3/b13-12-,16-15-,28-26-,31-30-,32-9-,33-27-,40-34+,41-35+/t48-,49+,50-/m1/s1. The molecule has 0 heterocycles. The largest absolute Gasteiger partial charge is 0.756 e. The summed E-state index contributed by atoms with van der Waals surface area (Å²) in [7, 11) is 1.05. The highest BCUT2D eigenvalue weighted by Crippen LogP contribution is 2.38. The van der Waals surface area contributed by atoms with Gasteiger partial charge in [-0.1, -0.05) is 169 Å². The second-order valence-corrected chi connectivity index (χ2v) is 18.5. The lowest BCUT2D eigenvalue weighted by molar-refractivity contribution is -0.870. The van der Waals surface area contributed by atoms with Gasteiger partial charge in [0.2, 0.25) is 0 Å². The fraction of sp³-hybridized carbons (Fsp3) is 0.654. The lowest BCUT2D eigenvalue weighted by Crippen LogP contribution is -2.37. The third kappa shape index (κ3) is 45.4. The molecule has 0 spiro atoms. The van der Waals surface area contributed by atoms with Gasteiger partial charge in [0.15, 0.2) is 6.10 Å². The molecule has 64 heavy (non-hydrogen) atoms. The molecule has 0 aromatic carbocycles. The number of esters is 2. The molecular formula is C52H88NO10P. The fourth-order valence-electron chi connectivity index (χ4n) is 5.94. The summed E-state index contributed by atoms with van der Waals surface area (Å²) in [5.41, 5.74) is 0. The molecule has 0 bridgehead atoms. The summed E-state index contributed by atoms with van der Waals surface area (Å²) in [5.74, 6) is -1.01. The molecule has 0 fully saturated rings. The van der Waals surface area contributed by atoms with Crippen LogP contribution in [0.3, 0.4) is 0 Å². The summed E-state index contributed by atoms with van der Waals surface area (Å²) < 4.78 is 33.8. The third-order valence-electron chi connectivity index (χ3n) is 9.77. The molecule has 0 aliphatic carbocycles. The predicted molar refractivity (Wildman–Crippen MR) is 261 cm³/mol.